The van der Waals surface area contributed by atoms with Crippen molar-refractivity contribution in [2.24, 2.45) is 0 Å². The molecule has 1 aromatic carbocycles. The van der Waals surface area contributed by atoms with Gasteiger partial charge in [-0.1, -0.05) is 24.6 Å². The maximum atomic E-state index is 5.62. The molecule has 116 valence electrons. The standard InChI is InChI=1S/C19H24N2O/c1-2-22-18-9-5-7-16(13-18)15-21-12-4-3-10-19(21)17-8-6-11-20-14-17/h5-9,11,13-14,19H,2-4,10,12,15H2,1H3/t19-/m1/s1. The largest absolute Gasteiger partial charge is 0.494 e. The van der Waals surface area contributed by atoms with Gasteiger partial charge in [0.15, 0.2) is 0 Å². The summed E-state index contributed by atoms with van der Waals surface area (Å²) in [6.45, 7) is 4.86. The van der Waals surface area contributed by atoms with Crippen LogP contribution in [0.5, 0.6) is 5.75 Å². The molecule has 22 heavy (non-hydrogen) atoms. The summed E-state index contributed by atoms with van der Waals surface area (Å²) in [4.78, 5) is 6.87. The van der Waals surface area contributed by atoms with Crippen molar-refractivity contribution in [3.8, 4) is 5.75 Å². The normalized spacial score (nSPS) is 19.0. The number of benzene rings is 1. The number of hydrogen-bond donors (Lipinski definition) is 0. The van der Waals surface area contributed by atoms with Crippen LogP contribution >= 0.6 is 0 Å². The Morgan fingerprint density at radius 1 is 1.23 bits per heavy atom. The average Bonchev–Trinajstić information content (AvgIpc) is 2.57. The van der Waals surface area contributed by atoms with Crippen molar-refractivity contribution in [2.75, 3.05) is 13.2 Å². The highest BCUT2D eigenvalue weighted by Gasteiger charge is 2.24. The van der Waals surface area contributed by atoms with Gasteiger partial charge in [0.1, 0.15) is 5.75 Å². The maximum Gasteiger partial charge on any atom is 0.119 e. The van der Waals surface area contributed by atoms with Crippen molar-refractivity contribution in [3.05, 3.63) is 59.9 Å². The lowest BCUT2D eigenvalue weighted by molar-refractivity contribution is 0.140. The Morgan fingerprint density at radius 2 is 2.18 bits per heavy atom. The van der Waals surface area contributed by atoms with E-state index in [4.69, 9.17) is 4.74 Å². The zero-order valence-corrected chi connectivity index (χ0v) is 13.2. The quantitative estimate of drug-likeness (QED) is 0.826. The molecule has 0 saturated carbocycles. The lowest BCUT2D eigenvalue weighted by atomic mass is 9.96. The van der Waals surface area contributed by atoms with E-state index in [0.717, 1.165) is 18.8 Å². The second-order valence-corrected chi connectivity index (χ2v) is 5.85. The molecular formula is C19H24N2O. The summed E-state index contributed by atoms with van der Waals surface area (Å²) in [6, 6.07) is 13.2. The van der Waals surface area contributed by atoms with Gasteiger partial charge in [0, 0.05) is 25.0 Å². The molecule has 3 rings (SSSR count). The minimum absolute atomic E-state index is 0.484. The topological polar surface area (TPSA) is 25.4 Å². The van der Waals surface area contributed by atoms with Crippen molar-refractivity contribution < 1.29 is 4.74 Å². The fraction of sp³-hybridized carbons (Fsp3) is 0.421. The van der Waals surface area contributed by atoms with Crippen LogP contribution in [0.4, 0.5) is 0 Å². The molecule has 2 aromatic rings. The van der Waals surface area contributed by atoms with Gasteiger partial charge in [0.05, 0.1) is 6.61 Å². The molecule has 1 atom stereocenters. The molecule has 3 nitrogen and oxygen atoms in total. The Morgan fingerprint density at radius 3 is 3.00 bits per heavy atom. The number of ether oxygens (including phenoxy) is 1. The molecule has 2 heterocycles. The summed E-state index contributed by atoms with van der Waals surface area (Å²) in [7, 11) is 0. The SMILES string of the molecule is CCOc1cccc(CN2CCCC[C@@H]2c2cccnc2)c1. The van der Waals surface area contributed by atoms with Crippen LogP contribution in [0.25, 0.3) is 0 Å². The van der Waals surface area contributed by atoms with Crippen LogP contribution in [0.1, 0.15) is 43.4 Å². The minimum Gasteiger partial charge on any atom is -0.494 e. The van der Waals surface area contributed by atoms with Crippen LogP contribution in [0, 0.1) is 0 Å². The van der Waals surface area contributed by atoms with E-state index in [9.17, 15) is 0 Å². The molecule has 1 fully saturated rings. The van der Waals surface area contributed by atoms with Crippen molar-refractivity contribution in [1.82, 2.24) is 9.88 Å². The van der Waals surface area contributed by atoms with E-state index in [-0.39, 0.29) is 0 Å². The Labute approximate surface area is 132 Å². The maximum absolute atomic E-state index is 5.62. The highest BCUT2D eigenvalue weighted by atomic mass is 16.5. The smallest absolute Gasteiger partial charge is 0.119 e. The number of nitrogens with zero attached hydrogens (tertiary/aromatic N) is 2. The molecule has 1 aromatic heterocycles. The van der Waals surface area contributed by atoms with Crippen molar-refractivity contribution >= 4 is 0 Å². The first kappa shape index (κ1) is 15.0. The first-order chi connectivity index (χ1) is 10.9. The van der Waals surface area contributed by atoms with Crippen LogP contribution < -0.4 is 4.74 Å². The molecule has 1 saturated heterocycles. The molecule has 0 amide bonds. The minimum atomic E-state index is 0.484. The second kappa shape index (κ2) is 7.41. The molecule has 0 spiro atoms. The predicted octanol–water partition coefficient (Wildman–Crippen LogP) is 4.21. The highest BCUT2D eigenvalue weighted by Crippen LogP contribution is 2.32. The van der Waals surface area contributed by atoms with E-state index >= 15 is 0 Å². The van der Waals surface area contributed by atoms with Crippen LogP contribution in [0.2, 0.25) is 0 Å². The van der Waals surface area contributed by atoms with E-state index in [1.165, 1.54) is 30.4 Å². The summed E-state index contributed by atoms with van der Waals surface area (Å²) in [5, 5.41) is 0. The van der Waals surface area contributed by atoms with E-state index in [1.807, 2.05) is 31.5 Å². The third-order valence-corrected chi connectivity index (χ3v) is 4.28. The molecular weight excluding hydrogens is 272 g/mol. The predicted molar refractivity (Wildman–Crippen MR) is 88.9 cm³/mol. The van der Waals surface area contributed by atoms with E-state index in [2.05, 4.69) is 34.1 Å². The van der Waals surface area contributed by atoms with Gasteiger partial charge < -0.3 is 4.74 Å². The van der Waals surface area contributed by atoms with Crippen molar-refractivity contribution in [3.63, 3.8) is 0 Å². The molecule has 0 unspecified atom stereocenters. The molecule has 0 bridgehead atoms. The molecule has 0 aliphatic carbocycles. The molecule has 3 heteroatoms. The molecule has 1 aliphatic rings. The van der Waals surface area contributed by atoms with Gasteiger partial charge in [0.25, 0.3) is 0 Å². The first-order valence-corrected chi connectivity index (χ1v) is 8.22. The fourth-order valence-corrected chi connectivity index (χ4v) is 3.27. The molecule has 0 N–H and O–H groups in total. The Balaban J connectivity index is 1.75. The highest BCUT2D eigenvalue weighted by molar-refractivity contribution is 5.29. The Bertz CT molecular complexity index is 585. The number of likely N-dealkylation sites (tertiary alicyclic amines) is 1. The van der Waals surface area contributed by atoms with Crippen LogP contribution in [-0.2, 0) is 6.54 Å². The number of aromatic nitrogens is 1. The van der Waals surface area contributed by atoms with Gasteiger partial charge >= 0.3 is 0 Å². The van der Waals surface area contributed by atoms with Crippen LogP contribution in [-0.4, -0.2) is 23.0 Å². The van der Waals surface area contributed by atoms with Gasteiger partial charge in [-0.15, -0.1) is 0 Å². The fourth-order valence-electron chi connectivity index (χ4n) is 3.27. The van der Waals surface area contributed by atoms with E-state index in [1.54, 1.807) is 0 Å². The number of rotatable bonds is 5. The zero-order valence-electron chi connectivity index (χ0n) is 13.2. The summed E-state index contributed by atoms with van der Waals surface area (Å²) in [5.41, 5.74) is 2.66. The third kappa shape index (κ3) is 3.66. The van der Waals surface area contributed by atoms with Gasteiger partial charge in [0.2, 0.25) is 0 Å². The average molecular weight is 296 g/mol. The summed E-state index contributed by atoms with van der Waals surface area (Å²) in [5.74, 6) is 0.968. The monoisotopic (exact) mass is 296 g/mol. The Kier molecular flexibility index (Phi) is 5.07. The van der Waals surface area contributed by atoms with Crippen molar-refractivity contribution in [1.29, 1.82) is 0 Å². The summed E-state index contributed by atoms with van der Waals surface area (Å²) < 4.78 is 5.62. The van der Waals surface area contributed by atoms with E-state index < -0.39 is 0 Å². The zero-order chi connectivity index (χ0) is 15.2. The van der Waals surface area contributed by atoms with Crippen LogP contribution in [0.3, 0.4) is 0 Å². The van der Waals surface area contributed by atoms with Gasteiger partial charge in [-0.25, -0.2) is 0 Å². The first-order valence-electron chi connectivity index (χ1n) is 8.22. The summed E-state index contributed by atoms with van der Waals surface area (Å²) >= 11 is 0. The summed E-state index contributed by atoms with van der Waals surface area (Å²) in [6.07, 6.45) is 7.66. The second-order valence-electron chi connectivity index (χ2n) is 5.85. The van der Waals surface area contributed by atoms with E-state index in [0.29, 0.717) is 12.6 Å². The number of hydrogen-bond acceptors (Lipinski definition) is 3. The number of piperidine rings is 1. The number of pyridine rings is 1. The molecule has 1 aliphatic heterocycles. The third-order valence-electron chi connectivity index (χ3n) is 4.28. The lowest BCUT2D eigenvalue weighted by Crippen LogP contribution is -2.32. The van der Waals surface area contributed by atoms with Crippen molar-refractivity contribution in [2.45, 2.75) is 38.8 Å². The van der Waals surface area contributed by atoms with Gasteiger partial charge in [-0.3, -0.25) is 9.88 Å². The van der Waals surface area contributed by atoms with Crippen LogP contribution in [0.15, 0.2) is 48.8 Å². The Hall–Kier alpha value is -1.87. The van der Waals surface area contributed by atoms with Gasteiger partial charge in [-0.05, 0) is 55.6 Å². The van der Waals surface area contributed by atoms with Gasteiger partial charge in [-0.2, -0.15) is 0 Å². The lowest BCUT2D eigenvalue weighted by Gasteiger charge is -2.36. The molecule has 0 radical (unpaired) electrons.